The van der Waals surface area contributed by atoms with Gasteiger partial charge < -0.3 is 15.0 Å². The first-order valence-electron chi connectivity index (χ1n) is 13.4. The van der Waals surface area contributed by atoms with E-state index in [1.807, 2.05) is 42.5 Å². The van der Waals surface area contributed by atoms with Gasteiger partial charge in [-0.05, 0) is 64.9 Å². The predicted molar refractivity (Wildman–Crippen MR) is 163 cm³/mol. The average molecular weight is 612 g/mol. The number of hydrogen-bond donors (Lipinski definition) is 2. The molecule has 3 atom stereocenters. The van der Waals surface area contributed by atoms with Crippen LogP contribution < -0.4 is 19.8 Å². The molecular formula is C32H22FN3O5S2. The summed E-state index contributed by atoms with van der Waals surface area (Å²) >= 11 is 2.19. The number of H-pyrrole nitrogens is 1. The summed E-state index contributed by atoms with van der Waals surface area (Å²) in [5.74, 6) is -2.48. The maximum atomic E-state index is 13.7. The van der Waals surface area contributed by atoms with Crippen LogP contribution in [0.15, 0.2) is 101 Å². The fourth-order valence-corrected chi connectivity index (χ4v) is 8.12. The largest absolute Gasteiger partial charge is 0.484 e. The van der Waals surface area contributed by atoms with Crippen LogP contribution in [0.1, 0.15) is 16.4 Å². The molecule has 0 aliphatic carbocycles. The lowest BCUT2D eigenvalue weighted by Crippen LogP contribution is -2.32. The minimum atomic E-state index is -0.763. The van der Waals surface area contributed by atoms with Crippen LogP contribution in [0.2, 0.25) is 0 Å². The number of nitrogens with one attached hydrogen (secondary N) is 2. The van der Waals surface area contributed by atoms with E-state index in [2.05, 4.69) is 10.3 Å². The number of amides is 3. The summed E-state index contributed by atoms with van der Waals surface area (Å²) in [6.07, 6.45) is 0. The zero-order valence-electron chi connectivity index (χ0n) is 22.3. The Morgan fingerprint density at radius 3 is 2.42 bits per heavy atom. The summed E-state index contributed by atoms with van der Waals surface area (Å²) < 4.78 is 19.3. The number of benzene rings is 4. The molecule has 1 aromatic heterocycles. The average Bonchev–Trinajstić information content (AvgIpc) is 3.51. The van der Waals surface area contributed by atoms with Crippen molar-refractivity contribution in [2.45, 2.75) is 16.2 Å². The van der Waals surface area contributed by atoms with Crippen molar-refractivity contribution < 1.29 is 23.5 Å². The van der Waals surface area contributed by atoms with Crippen molar-refractivity contribution in [3.8, 4) is 5.75 Å². The van der Waals surface area contributed by atoms with Gasteiger partial charge in [-0.1, -0.05) is 65.6 Å². The number of carbonyl (C=O) groups excluding carboxylic acids is 3. The highest BCUT2D eigenvalue weighted by molar-refractivity contribution is 8.00. The Labute approximate surface area is 252 Å². The fraction of sp³-hybridized carbons (Fsp3) is 0.125. The summed E-state index contributed by atoms with van der Waals surface area (Å²) in [6.45, 7) is -0.208. The highest BCUT2D eigenvalue weighted by Crippen LogP contribution is 2.53. The molecule has 0 spiro atoms. The van der Waals surface area contributed by atoms with E-state index in [4.69, 9.17) is 4.74 Å². The Morgan fingerprint density at radius 1 is 0.907 bits per heavy atom. The summed E-state index contributed by atoms with van der Waals surface area (Å²) in [4.78, 5) is 56.4. The standard InChI is InChI=1S/C32H22FN3O5S2/c33-20-8-11-22(12-9-20)36-30(38)26-25(27-29(35-32(40)43-27)42-28(26)31(36)39)18-6-13-23(14-7-18)41-16-24(37)34-21-10-5-17-3-1-2-4-19(17)15-21/h1-15,25-26,28H,16H2,(H,34,37)(H,35,40)/t25-,26-,28+/m0/s1. The molecule has 8 nitrogen and oxygen atoms in total. The molecule has 214 valence electrons. The molecule has 11 heteroatoms. The second-order valence-corrected chi connectivity index (χ2v) is 12.4. The summed E-state index contributed by atoms with van der Waals surface area (Å²) in [5, 5.41) is 4.74. The normalized spacial score (nSPS) is 19.3. The molecule has 0 saturated carbocycles. The Balaban J connectivity index is 1.10. The molecule has 4 aromatic carbocycles. The maximum Gasteiger partial charge on any atom is 0.305 e. The molecule has 2 aliphatic heterocycles. The number of hydrogen-bond acceptors (Lipinski definition) is 7. The van der Waals surface area contributed by atoms with E-state index in [0.29, 0.717) is 27.0 Å². The highest BCUT2D eigenvalue weighted by atomic mass is 32.2. The summed E-state index contributed by atoms with van der Waals surface area (Å²) in [7, 11) is 0. The highest BCUT2D eigenvalue weighted by Gasteiger charge is 2.56. The molecule has 1 saturated heterocycles. The topological polar surface area (TPSA) is 109 Å². The second kappa shape index (κ2) is 10.8. The first-order valence-corrected chi connectivity index (χ1v) is 15.1. The summed E-state index contributed by atoms with van der Waals surface area (Å²) in [6, 6.07) is 25.7. The third-order valence-corrected chi connectivity index (χ3v) is 9.95. The first kappa shape index (κ1) is 27.1. The van der Waals surface area contributed by atoms with Gasteiger partial charge in [-0.25, -0.2) is 9.29 Å². The predicted octanol–water partition coefficient (Wildman–Crippen LogP) is 5.54. The van der Waals surface area contributed by atoms with Crippen LogP contribution in [-0.4, -0.2) is 34.6 Å². The van der Waals surface area contributed by atoms with E-state index in [1.54, 1.807) is 24.3 Å². The number of halogens is 1. The molecule has 43 heavy (non-hydrogen) atoms. The van der Waals surface area contributed by atoms with Gasteiger partial charge in [-0.2, -0.15) is 0 Å². The molecule has 0 bridgehead atoms. The van der Waals surface area contributed by atoms with Gasteiger partial charge in [-0.15, -0.1) is 0 Å². The minimum Gasteiger partial charge on any atom is -0.484 e. The molecule has 3 amide bonds. The number of fused-ring (bicyclic) bond motifs is 3. The van der Waals surface area contributed by atoms with Crippen LogP contribution >= 0.6 is 23.1 Å². The first-order chi connectivity index (χ1) is 20.9. The number of nitrogens with zero attached hydrogens (tertiary/aromatic N) is 1. The number of aromatic nitrogens is 1. The van der Waals surface area contributed by atoms with Crippen LogP contribution in [0, 0.1) is 11.7 Å². The molecule has 2 N–H and O–H groups in total. The molecule has 5 aromatic rings. The van der Waals surface area contributed by atoms with E-state index in [9.17, 15) is 23.6 Å². The third-order valence-electron chi connectivity index (χ3n) is 7.55. The van der Waals surface area contributed by atoms with E-state index in [0.717, 1.165) is 32.6 Å². The van der Waals surface area contributed by atoms with Gasteiger partial charge in [0.2, 0.25) is 11.8 Å². The van der Waals surface area contributed by atoms with E-state index >= 15 is 0 Å². The number of ether oxygens (including phenoxy) is 1. The number of aromatic amines is 1. The minimum absolute atomic E-state index is 0.208. The van der Waals surface area contributed by atoms with Crippen LogP contribution in [0.3, 0.4) is 0 Å². The number of anilines is 2. The number of thiazole rings is 1. The van der Waals surface area contributed by atoms with Crippen molar-refractivity contribution in [2.24, 2.45) is 5.92 Å². The van der Waals surface area contributed by atoms with Gasteiger partial charge in [0.15, 0.2) is 6.61 Å². The van der Waals surface area contributed by atoms with Gasteiger partial charge in [0.25, 0.3) is 5.91 Å². The van der Waals surface area contributed by atoms with E-state index in [-0.39, 0.29) is 17.4 Å². The molecule has 0 radical (unpaired) electrons. The summed E-state index contributed by atoms with van der Waals surface area (Å²) in [5.41, 5.74) is 1.69. The number of thioether (sulfide) groups is 1. The van der Waals surface area contributed by atoms with E-state index < -0.39 is 34.7 Å². The Hall–Kier alpha value is -4.74. The number of carbonyl (C=O) groups is 3. The smallest absolute Gasteiger partial charge is 0.305 e. The lowest BCUT2D eigenvalue weighted by Gasteiger charge is -2.29. The molecule has 0 unspecified atom stereocenters. The lowest BCUT2D eigenvalue weighted by atomic mass is 9.83. The van der Waals surface area contributed by atoms with Crippen molar-refractivity contribution in [3.05, 3.63) is 117 Å². The molecule has 3 heterocycles. The van der Waals surface area contributed by atoms with Crippen molar-refractivity contribution in [3.63, 3.8) is 0 Å². The van der Waals surface area contributed by atoms with Crippen molar-refractivity contribution in [1.29, 1.82) is 0 Å². The van der Waals surface area contributed by atoms with Crippen molar-refractivity contribution in [1.82, 2.24) is 4.98 Å². The zero-order valence-corrected chi connectivity index (χ0v) is 23.9. The van der Waals surface area contributed by atoms with Crippen LogP contribution in [-0.2, 0) is 14.4 Å². The SMILES string of the molecule is O=C(COc1ccc([C@@H]2c3sc(=O)[nH]c3S[C@H]3C(=O)N(c4ccc(F)cc4)C(=O)[C@@H]23)cc1)Nc1ccc2ccccc2c1. The van der Waals surface area contributed by atoms with Crippen LogP contribution in [0.5, 0.6) is 5.75 Å². The van der Waals surface area contributed by atoms with Gasteiger partial charge in [0.1, 0.15) is 16.8 Å². The van der Waals surface area contributed by atoms with Gasteiger partial charge in [0, 0.05) is 16.5 Å². The molecule has 7 rings (SSSR count). The molecular weight excluding hydrogens is 590 g/mol. The Morgan fingerprint density at radius 2 is 1.65 bits per heavy atom. The third kappa shape index (κ3) is 5.00. The lowest BCUT2D eigenvalue weighted by molar-refractivity contribution is -0.122. The number of imide groups is 1. The van der Waals surface area contributed by atoms with Crippen LogP contribution in [0.4, 0.5) is 15.8 Å². The monoisotopic (exact) mass is 611 g/mol. The molecule has 2 aliphatic rings. The molecule has 1 fully saturated rings. The number of rotatable bonds is 6. The van der Waals surface area contributed by atoms with Crippen molar-refractivity contribution >= 4 is 63.0 Å². The quantitative estimate of drug-likeness (QED) is 0.244. The van der Waals surface area contributed by atoms with Gasteiger partial charge in [0.05, 0.1) is 16.6 Å². The van der Waals surface area contributed by atoms with Crippen molar-refractivity contribution in [2.75, 3.05) is 16.8 Å². The second-order valence-electron chi connectivity index (χ2n) is 10.2. The maximum absolute atomic E-state index is 13.7. The van der Waals surface area contributed by atoms with Crippen LogP contribution in [0.25, 0.3) is 10.8 Å². The van der Waals surface area contributed by atoms with Gasteiger partial charge in [-0.3, -0.25) is 19.2 Å². The zero-order chi connectivity index (χ0) is 29.7. The van der Waals surface area contributed by atoms with E-state index in [1.165, 1.54) is 36.0 Å². The Bertz CT molecular complexity index is 1950. The Kier molecular flexibility index (Phi) is 6.83. The fourth-order valence-electron chi connectivity index (χ4n) is 5.61. The van der Waals surface area contributed by atoms with Gasteiger partial charge >= 0.3 is 4.87 Å².